The summed E-state index contributed by atoms with van der Waals surface area (Å²) in [5, 5.41) is 6.32. The van der Waals surface area contributed by atoms with E-state index in [0.717, 1.165) is 5.56 Å². The molecule has 0 spiro atoms. The Morgan fingerprint density at radius 3 is 2.61 bits per heavy atom. The van der Waals surface area contributed by atoms with E-state index in [0.29, 0.717) is 24.2 Å². The first-order valence-electron chi connectivity index (χ1n) is 8.86. The highest BCUT2D eigenvalue weighted by Crippen LogP contribution is 2.30. The van der Waals surface area contributed by atoms with E-state index < -0.39 is 6.36 Å². The predicted octanol–water partition coefficient (Wildman–Crippen LogP) is 3.70. The van der Waals surface area contributed by atoms with Gasteiger partial charge in [-0.15, -0.1) is 13.2 Å². The standard InChI is InChI=1S/C20H21F3N2O3/c1-27-17-9-7-15(28-20(21,22)23)11-14(17)12-24-16-8-10-18(26)25-19(16)13-5-3-2-4-6-13/h2-7,9,11,16,19,24H,8,10,12H2,1H3,(H,25,26). The van der Waals surface area contributed by atoms with Crippen molar-refractivity contribution in [3.63, 3.8) is 0 Å². The number of carbonyl (C=O) groups is 1. The summed E-state index contributed by atoms with van der Waals surface area (Å²) in [6.45, 7) is 0.266. The maximum absolute atomic E-state index is 12.5. The first-order chi connectivity index (χ1) is 13.4. The number of ether oxygens (including phenoxy) is 2. The number of methoxy groups -OCH3 is 1. The van der Waals surface area contributed by atoms with Crippen LogP contribution in [0.3, 0.4) is 0 Å². The van der Waals surface area contributed by atoms with Crippen LogP contribution in [0.25, 0.3) is 0 Å². The van der Waals surface area contributed by atoms with Crippen LogP contribution in [0.4, 0.5) is 13.2 Å². The third kappa shape index (κ3) is 5.16. The van der Waals surface area contributed by atoms with E-state index in [9.17, 15) is 18.0 Å². The molecule has 0 saturated carbocycles. The van der Waals surface area contributed by atoms with Gasteiger partial charge in [0.2, 0.25) is 5.91 Å². The second-order valence-electron chi connectivity index (χ2n) is 6.50. The number of hydrogen-bond acceptors (Lipinski definition) is 4. The lowest BCUT2D eigenvalue weighted by Gasteiger charge is -2.33. The van der Waals surface area contributed by atoms with Crippen LogP contribution in [0.5, 0.6) is 11.5 Å². The number of hydrogen-bond donors (Lipinski definition) is 2. The number of nitrogens with one attached hydrogen (secondary N) is 2. The van der Waals surface area contributed by atoms with Gasteiger partial charge in [-0.25, -0.2) is 0 Å². The van der Waals surface area contributed by atoms with Crippen LogP contribution >= 0.6 is 0 Å². The van der Waals surface area contributed by atoms with Gasteiger partial charge in [-0.05, 0) is 30.2 Å². The molecule has 5 nitrogen and oxygen atoms in total. The lowest BCUT2D eigenvalue weighted by Crippen LogP contribution is -2.48. The van der Waals surface area contributed by atoms with Crippen molar-refractivity contribution in [1.29, 1.82) is 0 Å². The minimum absolute atomic E-state index is 0.0231. The molecule has 2 unspecified atom stereocenters. The molecule has 8 heteroatoms. The molecule has 0 radical (unpaired) electrons. The average molecular weight is 394 g/mol. The molecule has 3 rings (SSSR count). The second kappa shape index (κ2) is 8.52. The molecule has 2 aromatic rings. The van der Waals surface area contributed by atoms with Crippen molar-refractivity contribution < 1.29 is 27.4 Å². The van der Waals surface area contributed by atoms with Crippen molar-refractivity contribution in [3.8, 4) is 11.5 Å². The van der Waals surface area contributed by atoms with Crippen molar-refractivity contribution in [2.45, 2.75) is 37.8 Å². The fourth-order valence-corrected chi connectivity index (χ4v) is 3.33. The summed E-state index contributed by atoms with van der Waals surface area (Å²) in [6.07, 6.45) is -3.76. The maximum atomic E-state index is 12.5. The van der Waals surface area contributed by atoms with Crippen LogP contribution in [-0.4, -0.2) is 25.4 Å². The maximum Gasteiger partial charge on any atom is 0.573 e. The van der Waals surface area contributed by atoms with Crippen molar-refractivity contribution >= 4 is 5.91 Å². The van der Waals surface area contributed by atoms with E-state index in [-0.39, 0.29) is 30.3 Å². The highest BCUT2D eigenvalue weighted by atomic mass is 19.4. The van der Waals surface area contributed by atoms with Crippen molar-refractivity contribution in [2.24, 2.45) is 0 Å². The zero-order valence-corrected chi connectivity index (χ0v) is 15.3. The Labute approximate surface area is 160 Å². The van der Waals surface area contributed by atoms with Crippen LogP contribution < -0.4 is 20.1 Å². The predicted molar refractivity (Wildman–Crippen MR) is 96.9 cm³/mol. The SMILES string of the molecule is COc1ccc(OC(F)(F)F)cc1CNC1CCC(=O)NC1c1ccccc1. The molecule has 1 heterocycles. The molecule has 150 valence electrons. The average Bonchev–Trinajstić information content (AvgIpc) is 2.66. The summed E-state index contributed by atoms with van der Waals surface area (Å²) in [6, 6.07) is 13.2. The topological polar surface area (TPSA) is 59.6 Å². The Morgan fingerprint density at radius 2 is 1.93 bits per heavy atom. The fraction of sp³-hybridized carbons (Fsp3) is 0.350. The van der Waals surface area contributed by atoms with E-state index >= 15 is 0 Å². The van der Waals surface area contributed by atoms with Crippen LogP contribution in [0.15, 0.2) is 48.5 Å². The molecular weight excluding hydrogens is 373 g/mol. The molecule has 2 N–H and O–H groups in total. The van der Waals surface area contributed by atoms with E-state index in [1.54, 1.807) is 0 Å². The van der Waals surface area contributed by atoms with E-state index in [4.69, 9.17) is 4.74 Å². The normalized spacial score (nSPS) is 19.8. The van der Waals surface area contributed by atoms with Crippen LogP contribution in [0.2, 0.25) is 0 Å². The second-order valence-corrected chi connectivity index (χ2v) is 6.50. The number of halogens is 3. The zero-order valence-electron chi connectivity index (χ0n) is 15.3. The number of amides is 1. The summed E-state index contributed by atoms with van der Waals surface area (Å²) in [5.74, 6) is 0.129. The Hall–Kier alpha value is -2.74. The third-order valence-corrected chi connectivity index (χ3v) is 4.60. The Morgan fingerprint density at radius 1 is 1.18 bits per heavy atom. The zero-order chi connectivity index (χ0) is 20.1. The van der Waals surface area contributed by atoms with Gasteiger partial charge in [0.15, 0.2) is 0 Å². The van der Waals surface area contributed by atoms with E-state index in [2.05, 4.69) is 15.4 Å². The number of carbonyl (C=O) groups excluding carboxylic acids is 1. The smallest absolute Gasteiger partial charge is 0.496 e. The summed E-state index contributed by atoms with van der Waals surface area (Å²) in [5.41, 5.74) is 1.50. The van der Waals surface area contributed by atoms with Gasteiger partial charge in [-0.1, -0.05) is 30.3 Å². The van der Waals surface area contributed by atoms with Gasteiger partial charge in [-0.2, -0.15) is 0 Å². The van der Waals surface area contributed by atoms with Gasteiger partial charge in [0.25, 0.3) is 0 Å². The highest BCUT2D eigenvalue weighted by molar-refractivity contribution is 5.77. The van der Waals surface area contributed by atoms with Crippen molar-refractivity contribution in [2.75, 3.05) is 7.11 Å². The first-order valence-corrected chi connectivity index (χ1v) is 8.86. The van der Waals surface area contributed by atoms with Gasteiger partial charge in [0.05, 0.1) is 13.2 Å². The molecular formula is C20H21F3N2O3. The van der Waals surface area contributed by atoms with Gasteiger partial charge in [-0.3, -0.25) is 4.79 Å². The van der Waals surface area contributed by atoms with Gasteiger partial charge in [0.1, 0.15) is 11.5 Å². The molecule has 1 fully saturated rings. The van der Waals surface area contributed by atoms with Crippen LogP contribution in [0, 0.1) is 0 Å². The lowest BCUT2D eigenvalue weighted by atomic mass is 9.91. The molecule has 1 aliphatic heterocycles. The Balaban J connectivity index is 1.76. The Kier molecular flexibility index (Phi) is 6.08. The highest BCUT2D eigenvalue weighted by Gasteiger charge is 2.32. The molecule has 0 aliphatic carbocycles. The molecule has 2 atom stereocenters. The van der Waals surface area contributed by atoms with Crippen LogP contribution in [0.1, 0.15) is 30.0 Å². The minimum atomic E-state index is -4.76. The summed E-state index contributed by atoms with van der Waals surface area (Å²) >= 11 is 0. The molecule has 2 aromatic carbocycles. The van der Waals surface area contributed by atoms with Crippen LogP contribution in [-0.2, 0) is 11.3 Å². The molecule has 0 aromatic heterocycles. The lowest BCUT2D eigenvalue weighted by molar-refractivity contribution is -0.274. The molecule has 1 amide bonds. The Bertz CT molecular complexity index is 812. The summed E-state index contributed by atoms with van der Waals surface area (Å²) < 4.78 is 46.7. The number of rotatable bonds is 6. The van der Waals surface area contributed by atoms with Crippen molar-refractivity contribution in [3.05, 3.63) is 59.7 Å². The molecule has 1 saturated heterocycles. The number of benzene rings is 2. The minimum Gasteiger partial charge on any atom is -0.496 e. The first kappa shape index (κ1) is 20.0. The van der Waals surface area contributed by atoms with E-state index in [1.807, 2.05) is 30.3 Å². The third-order valence-electron chi connectivity index (χ3n) is 4.60. The van der Waals surface area contributed by atoms with Gasteiger partial charge >= 0.3 is 6.36 Å². The number of piperidine rings is 1. The molecule has 28 heavy (non-hydrogen) atoms. The summed E-state index contributed by atoms with van der Waals surface area (Å²) in [7, 11) is 1.46. The van der Waals surface area contributed by atoms with E-state index in [1.165, 1.54) is 25.3 Å². The monoisotopic (exact) mass is 394 g/mol. The van der Waals surface area contributed by atoms with Gasteiger partial charge < -0.3 is 20.1 Å². The quantitative estimate of drug-likeness (QED) is 0.784. The number of alkyl halides is 3. The summed E-state index contributed by atoms with van der Waals surface area (Å²) in [4.78, 5) is 11.9. The fourth-order valence-electron chi connectivity index (χ4n) is 3.33. The van der Waals surface area contributed by atoms with Gasteiger partial charge in [0, 0.05) is 24.6 Å². The molecule has 0 bridgehead atoms. The van der Waals surface area contributed by atoms with Crippen molar-refractivity contribution in [1.82, 2.24) is 10.6 Å². The molecule has 1 aliphatic rings. The largest absolute Gasteiger partial charge is 0.573 e.